The van der Waals surface area contributed by atoms with Gasteiger partial charge in [0.05, 0.1) is 24.3 Å². The van der Waals surface area contributed by atoms with Gasteiger partial charge < -0.3 is 19.8 Å². The minimum atomic E-state index is -0.317. The third-order valence-electron chi connectivity index (χ3n) is 2.68. The maximum Gasteiger partial charge on any atom is 0.302 e. The van der Waals surface area contributed by atoms with Crippen molar-refractivity contribution in [2.45, 2.75) is 20.6 Å². The molecule has 2 N–H and O–H groups in total. The van der Waals surface area contributed by atoms with Crippen LogP contribution < -0.4 is 5.73 Å². The van der Waals surface area contributed by atoms with Gasteiger partial charge in [-0.25, -0.2) is 15.0 Å². The molecule has 2 aromatic heterocycles. The Labute approximate surface area is 121 Å². The first kappa shape index (κ1) is 14.9. The fourth-order valence-electron chi connectivity index (χ4n) is 1.72. The number of nitrogens with zero attached hydrogens (tertiary/aromatic N) is 4. The van der Waals surface area contributed by atoms with Crippen LogP contribution in [0.1, 0.15) is 12.6 Å². The second-order valence-corrected chi connectivity index (χ2v) is 4.38. The van der Waals surface area contributed by atoms with E-state index in [1.807, 2.05) is 13.1 Å². The second kappa shape index (κ2) is 6.80. The number of carbonyl (C=O) groups excluding carboxylic acids is 1. The molecule has 112 valence electrons. The van der Waals surface area contributed by atoms with Gasteiger partial charge in [-0.2, -0.15) is 0 Å². The van der Waals surface area contributed by atoms with E-state index in [4.69, 9.17) is 15.2 Å². The largest absolute Gasteiger partial charge is 0.463 e. The number of carbonyl (C=O) groups is 1. The number of rotatable bonds is 6. The van der Waals surface area contributed by atoms with E-state index < -0.39 is 0 Å². The third-order valence-corrected chi connectivity index (χ3v) is 2.68. The number of hydrogen-bond acceptors (Lipinski definition) is 7. The van der Waals surface area contributed by atoms with Crippen molar-refractivity contribution in [2.24, 2.45) is 0 Å². The summed E-state index contributed by atoms with van der Waals surface area (Å²) < 4.78 is 11.9. The highest BCUT2D eigenvalue weighted by molar-refractivity contribution is 5.65. The van der Waals surface area contributed by atoms with Crippen LogP contribution >= 0.6 is 0 Å². The summed E-state index contributed by atoms with van der Waals surface area (Å²) in [5, 5.41) is 0. The van der Waals surface area contributed by atoms with Crippen molar-refractivity contribution in [3.05, 3.63) is 24.4 Å². The van der Waals surface area contributed by atoms with Crippen molar-refractivity contribution >= 4 is 11.9 Å². The zero-order chi connectivity index (χ0) is 15.2. The molecule has 0 saturated carbocycles. The molecule has 0 amide bonds. The van der Waals surface area contributed by atoms with Crippen LogP contribution in [-0.4, -0.2) is 38.7 Å². The Balaban J connectivity index is 1.91. The number of aromatic nitrogens is 4. The van der Waals surface area contributed by atoms with Crippen LogP contribution in [0, 0.1) is 6.92 Å². The molecule has 0 spiro atoms. The normalized spacial score (nSPS) is 10.6. The predicted octanol–water partition coefficient (Wildman–Crippen LogP) is 0.768. The Hall–Kier alpha value is -2.48. The molecule has 2 aromatic rings. The topological polar surface area (TPSA) is 105 Å². The van der Waals surface area contributed by atoms with E-state index in [1.165, 1.54) is 6.92 Å². The summed E-state index contributed by atoms with van der Waals surface area (Å²) in [6.07, 6.45) is 5.12. The Kier molecular flexibility index (Phi) is 4.83. The maximum atomic E-state index is 10.6. The summed E-state index contributed by atoms with van der Waals surface area (Å²) >= 11 is 0. The summed E-state index contributed by atoms with van der Waals surface area (Å²) in [7, 11) is 0. The van der Waals surface area contributed by atoms with Crippen molar-refractivity contribution < 1.29 is 14.3 Å². The number of imidazole rings is 1. The monoisotopic (exact) mass is 291 g/mol. The summed E-state index contributed by atoms with van der Waals surface area (Å²) in [5.41, 5.74) is 7.86. The molecule has 0 atom stereocenters. The lowest BCUT2D eigenvalue weighted by atomic mass is 10.2. The first-order chi connectivity index (χ1) is 10.1. The van der Waals surface area contributed by atoms with Crippen molar-refractivity contribution in [2.75, 3.05) is 18.9 Å². The molecular weight excluding hydrogens is 274 g/mol. The van der Waals surface area contributed by atoms with Gasteiger partial charge >= 0.3 is 5.97 Å². The van der Waals surface area contributed by atoms with E-state index in [2.05, 4.69) is 15.0 Å². The highest BCUT2D eigenvalue weighted by atomic mass is 16.6. The van der Waals surface area contributed by atoms with Crippen molar-refractivity contribution in [1.82, 2.24) is 19.5 Å². The van der Waals surface area contributed by atoms with E-state index in [9.17, 15) is 4.79 Å². The molecule has 0 radical (unpaired) electrons. The standard InChI is InChI=1S/C13H17N5O3/c1-9-11(5-15-13(14)17-9)12-6-18(7-16-12)8-20-3-4-21-10(2)19/h5-7H,3-4,8H2,1-2H3,(H2,14,15,17). The number of hydrogen-bond donors (Lipinski definition) is 1. The number of nitrogens with two attached hydrogens (primary N) is 1. The number of esters is 1. The smallest absolute Gasteiger partial charge is 0.302 e. The lowest BCUT2D eigenvalue weighted by Crippen LogP contribution is -2.09. The molecule has 2 heterocycles. The van der Waals surface area contributed by atoms with Crippen LogP contribution in [0.15, 0.2) is 18.7 Å². The fourth-order valence-corrected chi connectivity index (χ4v) is 1.72. The van der Waals surface area contributed by atoms with Gasteiger partial charge in [0, 0.05) is 24.9 Å². The molecule has 0 bridgehead atoms. The van der Waals surface area contributed by atoms with Crippen LogP contribution in [0.2, 0.25) is 0 Å². The molecule has 2 rings (SSSR count). The SMILES string of the molecule is CC(=O)OCCOCn1cnc(-c2cnc(N)nc2C)c1. The first-order valence-electron chi connectivity index (χ1n) is 6.38. The lowest BCUT2D eigenvalue weighted by Gasteiger charge is -2.05. The van der Waals surface area contributed by atoms with E-state index >= 15 is 0 Å². The molecule has 0 aliphatic heterocycles. The predicted molar refractivity (Wildman–Crippen MR) is 75.0 cm³/mol. The average molecular weight is 291 g/mol. The molecule has 0 aromatic carbocycles. The van der Waals surface area contributed by atoms with E-state index in [1.54, 1.807) is 17.1 Å². The Bertz CT molecular complexity index is 626. The zero-order valence-electron chi connectivity index (χ0n) is 11.9. The van der Waals surface area contributed by atoms with Crippen LogP contribution in [0.25, 0.3) is 11.3 Å². The Morgan fingerprint density at radius 3 is 2.90 bits per heavy atom. The average Bonchev–Trinajstić information content (AvgIpc) is 2.86. The van der Waals surface area contributed by atoms with Crippen molar-refractivity contribution in [3.63, 3.8) is 0 Å². The molecule has 0 aliphatic carbocycles. The Morgan fingerprint density at radius 2 is 2.19 bits per heavy atom. The minimum absolute atomic E-state index is 0.238. The molecule has 21 heavy (non-hydrogen) atoms. The van der Waals surface area contributed by atoms with Gasteiger partial charge in [0.1, 0.15) is 13.3 Å². The molecule has 8 nitrogen and oxygen atoms in total. The van der Waals surface area contributed by atoms with Gasteiger partial charge in [0.25, 0.3) is 0 Å². The number of ether oxygens (including phenoxy) is 2. The molecule has 8 heteroatoms. The van der Waals surface area contributed by atoms with Crippen molar-refractivity contribution in [1.29, 1.82) is 0 Å². The zero-order valence-corrected chi connectivity index (χ0v) is 11.9. The second-order valence-electron chi connectivity index (χ2n) is 4.38. The first-order valence-corrected chi connectivity index (χ1v) is 6.38. The lowest BCUT2D eigenvalue weighted by molar-refractivity contribution is -0.142. The van der Waals surface area contributed by atoms with Gasteiger partial charge in [-0.05, 0) is 6.92 Å². The summed E-state index contributed by atoms with van der Waals surface area (Å²) in [6, 6.07) is 0. The number of anilines is 1. The quantitative estimate of drug-likeness (QED) is 0.619. The maximum absolute atomic E-state index is 10.6. The summed E-state index contributed by atoms with van der Waals surface area (Å²) in [4.78, 5) is 22.9. The molecule has 0 aliphatic rings. The Morgan fingerprint density at radius 1 is 1.38 bits per heavy atom. The van der Waals surface area contributed by atoms with Crippen LogP contribution in [-0.2, 0) is 21.0 Å². The molecule has 0 unspecified atom stereocenters. The van der Waals surface area contributed by atoms with Gasteiger partial charge in [0.2, 0.25) is 5.95 Å². The highest BCUT2D eigenvalue weighted by Gasteiger charge is 2.07. The van der Waals surface area contributed by atoms with Crippen LogP contribution in [0.4, 0.5) is 5.95 Å². The summed E-state index contributed by atoms with van der Waals surface area (Å²) in [5.74, 6) is -0.0770. The number of aryl methyl sites for hydroxylation is 1. The highest BCUT2D eigenvalue weighted by Crippen LogP contribution is 2.19. The third kappa shape index (κ3) is 4.25. The molecule has 0 fully saturated rings. The van der Waals surface area contributed by atoms with Crippen molar-refractivity contribution in [3.8, 4) is 11.3 Å². The van der Waals surface area contributed by atoms with E-state index in [0.29, 0.717) is 13.3 Å². The van der Waals surface area contributed by atoms with E-state index in [0.717, 1.165) is 17.0 Å². The fraction of sp³-hybridized carbons (Fsp3) is 0.385. The van der Waals surface area contributed by atoms with Gasteiger partial charge in [-0.15, -0.1) is 0 Å². The molecular formula is C13H17N5O3. The number of nitrogen functional groups attached to an aromatic ring is 1. The van der Waals surface area contributed by atoms with Gasteiger partial charge in [0.15, 0.2) is 0 Å². The minimum Gasteiger partial charge on any atom is -0.463 e. The van der Waals surface area contributed by atoms with Gasteiger partial charge in [-0.1, -0.05) is 0 Å². The van der Waals surface area contributed by atoms with Gasteiger partial charge in [-0.3, -0.25) is 4.79 Å². The van der Waals surface area contributed by atoms with E-state index in [-0.39, 0.29) is 18.5 Å². The van der Waals surface area contributed by atoms with Crippen LogP contribution in [0.5, 0.6) is 0 Å². The molecule has 0 saturated heterocycles. The van der Waals surface area contributed by atoms with Crippen LogP contribution in [0.3, 0.4) is 0 Å². The summed E-state index contributed by atoms with van der Waals surface area (Å²) in [6.45, 7) is 4.10.